The van der Waals surface area contributed by atoms with Crippen LogP contribution in [-0.4, -0.2) is 30.1 Å². The molecule has 6 heteroatoms. The van der Waals surface area contributed by atoms with Crippen LogP contribution in [-0.2, 0) is 9.53 Å². The fourth-order valence-electron chi connectivity index (χ4n) is 0.861. The molecule has 5 nitrogen and oxygen atoms in total. The van der Waals surface area contributed by atoms with E-state index in [4.69, 9.17) is 10.5 Å². The van der Waals surface area contributed by atoms with Crippen LogP contribution in [0.5, 0.6) is 0 Å². The zero-order valence-corrected chi connectivity index (χ0v) is 9.42. The van der Waals surface area contributed by atoms with Crippen molar-refractivity contribution in [2.24, 2.45) is 5.73 Å². The first-order valence-electron chi connectivity index (χ1n) is 4.75. The van der Waals surface area contributed by atoms with E-state index in [0.29, 0.717) is 11.7 Å². The summed E-state index contributed by atoms with van der Waals surface area (Å²) in [7, 11) is 0. The Hall–Kier alpha value is -0.980. The summed E-state index contributed by atoms with van der Waals surface area (Å²) >= 11 is 1.37. The lowest BCUT2D eigenvalue weighted by molar-refractivity contribution is -0.120. The van der Waals surface area contributed by atoms with Crippen molar-refractivity contribution in [1.29, 1.82) is 0 Å². The molecule has 0 bridgehead atoms. The number of ether oxygens (including phenoxy) is 1. The molecule has 84 valence electrons. The van der Waals surface area contributed by atoms with Crippen molar-refractivity contribution in [2.75, 3.05) is 18.5 Å². The Kier molecular flexibility index (Phi) is 5.23. The molecule has 0 fully saturated rings. The molecule has 1 amide bonds. The first-order chi connectivity index (χ1) is 7.22. The minimum absolute atomic E-state index is 0.00216. The number of nitrogens with one attached hydrogen (secondary N) is 1. The third kappa shape index (κ3) is 4.87. The van der Waals surface area contributed by atoms with Gasteiger partial charge >= 0.3 is 0 Å². The van der Waals surface area contributed by atoms with Crippen molar-refractivity contribution in [3.63, 3.8) is 0 Å². The zero-order valence-electron chi connectivity index (χ0n) is 8.60. The topological polar surface area (TPSA) is 77.2 Å². The molecule has 0 aliphatic heterocycles. The van der Waals surface area contributed by atoms with Crippen LogP contribution in [0.25, 0.3) is 0 Å². The first-order valence-corrected chi connectivity index (χ1v) is 5.63. The molecule has 0 radical (unpaired) electrons. The number of amides is 1. The number of carbonyl (C=O) groups excluding carboxylic acids is 1. The third-order valence-corrected chi connectivity index (χ3v) is 2.46. The first kappa shape index (κ1) is 12.1. The molecule has 0 aliphatic rings. The van der Waals surface area contributed by atoms with Crippen LogP contribution in [0.1, 0.15) is 13.3 Å². The second-order valence-corrected chi connectivity index (χ2v) is 3.96. The van der Waals surface area contributed by atoms with Gasteiger partial charge in [0, 0.05) is 17.6 Å². The smallest absolute Gasteiger partial charge is 0.252 e. The van der Waals surface area contributed by atoms with Gasteiger partial charge in [0.1, 0.15) is 6.61 Å². The van der Waals surface area contributed by atoms with Crippen molar-refractivity contribution >= 4 is 22.4 Å². The summed E-state index contributed by atoms with van der Waals surface area (Å²) in [5, 5.41) is 5.00. The van der Waals surface area contributed by atoms with Crippen LogP contribution in [0.15, 0.2) is 11.6 Å². The highest BCUT2D eigenvalue weighted by Gasteiger charge is 2.05. The number of aromatic nitrogens is 1. The SMILES string of the molecule is CCC(N)COCC(=O)Nc1nccs1. The van der Waals surface area contributed by atoms with Crippen LogP contribution in [0.2, 0.25) is 0 Å². The van der Waals surface area contributed by atoms with Crippen LogP contribution < -0.4 is 11.1 Å². The molecule has 0 saturated heterocycles. The quantitative estimate of drug-likeness (QED) is 0.757. The molecule has 1 aromatic rings. The maximum atomic E-state index is 11.3. The summed E-state index contributed by atoms with van der Waals surface area (Å²) < 4.78 is 5.14. The van der Waals surface area contributed by atoms with Gasteiger partial charge in [0.05, 0.1) is 6.61 Å². The molecule has 15 heavy (non-hydrogen) atoms. The van der Waals surface area contributed by atoms with Gasteiger partial charge in [0.25, 0.3) is 5.91 Å². The van der Waals surface area contributed by atoms with E-state index in [1.165, 1.54) is 11.3 Å². The Morgan fingerprint density at radius 1 is 1.80 bits per heavy atom. The van der Waals surface area contributed by atoms with Crippen molar-refractivity contribution < 1.29 is 9.53 Å². The molecule has 1 unspecified atom stereocenters. The number of nitrogens with two attached hydrogens (primary N) is 1. The Morgan fingerprint density at radius 2 is 2.60 bits per heavy atom. The predicted octanol–water partition coefficient (Wildman–Crippen LogP) is 0.835. The standard InChI is InChI=1S/C9H15N3O2S/c1-2-7(10)5-14-6-8(13)12-9-11-3-4-15-9/h3-4,7H,2,5-6,10H2,1H3,(H,11,12,13). The molecule has 0 aromatic carbocycles. The number of carbonyl (C=O) groups is 1. The fourth-order valence-corrected chi connectivity index (χ4v) is 1.41. The molecular weight excluding hydrogens is 214 g/mol. The van der Waals surface area contributed by atoms with Gasteiger partial charge in [-0.3, -0.25) is 10.1 Å². The average molecular weight is 229 g/mol. The van der Waals surface area contributed by atoms with Crippen LogP contribution in [0.4, 0.5) is 5.13 Å². The van der Waals surface area contributed by atoms with Gasteiger partial charge in [-0.25, -0.2) is 4.98 Å². The van der Waals surface area contributed by atoms with Crippen molar-refractivity contribution in [1.82, 2.24) is 4.98 Å². The second kappa shape index (κ2) is 6.49. The van der Waals surface area contributed by atoms with Gasteiger partial charge in [0.2, 0.25) is 0 Å². The van der Waals surface area contributed by atoms with E-state index in [0.717, 1.165) is 6.42 Å². The van der Waals surface area contributed by atoms with E-state index in [1.54, 1.807) is 11.6 Å². The zero-order chi connectivity index (χ0) is 11.1. The third-order valence-electron chi connectivity index (χ3n) is 1.77. The number of thiazole rings is 1. The van der Waals surface area contributed by atoms with Gasteiger partial charge in [-0.15, -0.1) is 11.3 Å². The van der Waals surface area contributed by atoms with E-state index in [-0.39, 0.29) is 18.6 Å². The van der Waals surface area contributed by atoms with E-state index in [1.807, 2.05) is 6.92 Å². The Morgan fingerprint density at radius 3 is 3.20 bits per heavy atom. The van der Waals surface area contributed by atoms with Crippen molar-refractivity contribution in [3.05, 3.63) is 11.6 Å². The Balaban J connectivity index is 2.14. The number of anilines is 1. The van der Waals surface area contributed by atoms with Crippen LogP contribution >= 0.6 is 11.3 Å². The maximum Gasteiger partial charge on any atom is 0.252 e. The van der Waals surface area contributed by atoms with Gasteiger partial charge in [-0.05, 0) is 6.42 Å². The van der Waals surface area contributed by atoms with E-state index in [9.17, 15) is 4.79 Å². The van der Waals surface area contributed by atoms with Gasteiger partial charge < -0.3 is 10.5 Å². The maximum absolute atomic E-state index is 11.3. The van der Waals surface area contributed by atoms with Crippen LogP contribution in [0.3, 0.4) is 0 Å². The van der Waals surface area contributed by atoms with Gasteiger partial charge in [0.15, 0.2) is 5.13 Å². The molecule has 0 saturated carbocycles. The average Bonchev–Trinajstić information content (AvgIpc) is 2.70. The molecule has 1 aromatic heterocycles. The summed E-state index contributed by atoms with van der Waals surface area (Å²) in [5.74, 6) is -0.201. The number of rotatable bonds is 6. The summed E-state index contributed by atoms with van der Waals surface area (Å²) in [5.41, 5.74) is 5.63. The molecule has 0 spiro atoms. The molecule has 0 aliphatic carbocycles. The van der Waals surface area contributed by atoms with Gasteiger partial charge in [-0.2, -0.15) is 0 Å². The number of hydrogen-bond acceptors (Lipinski definition) is 5. The van der Waals surface area contributed by atoms with Crippen molar-refractivity contribution in [3.8, 4) is 0 Å². The van der Waals surface area contributed by atoms with Crippen molar-refractivity contribution in [2.45, 2.75) is 19.4 Å². The minimum Gasteiger partial charge on any atom is -0.370 e. The minimum atomic E-state index is -0.201. The molecule has 1 atom stereocenters. The molecule has 1 rings (SSSR count). The summed E-state index contributed by atoms with van der Waals surface area (Å²) in [6.45, 7) is 2.40. The monoisotopic (exact) mass is 229 g/mol. The summed E-state index contributed by atoms with van der Waals surface area (Å²) in [6, 6.07) is -0.00216. The number of nitrogens with zero attached hydrogens (tertiary/aromatic N) is 1. The largest absolute Gasteiger partial charge is 0.370 e. The van der Waals surface area contributed by atoms with Gasteiger partial charge in [-0.1, -0.05) is 6.92 Å². The Labute approximate surface area is 92.6 Å². The van der Waals surface area contributed by atoms with E-state index < -0.39 is 0 Å². The highest BCUT2D eigenvalue weighted by Crippen LogP contribution is 2.09. The molecule has 1 heterocycles. The highest BCUT2D eigenvalue weighted by molar-refractivity contribution is 7.13. The van der Waals surface area contributed by atoms with E-state index in [2.05, 4.69) is 10.3 Å². The lowest BCUT2D eigenvalue weighted by atomic mass is 10.3. The van der Waals surface area contributed by atoms with E-state index >= 15 is 0 Å². The fraction of sp³-hybridized carbons (Fsp3) is 0.556. The predicted molar refractivity (Wildman–Crippen MR) is 59.8 cm³/mol. The molecular formula is C9H15N3O2S. The van der Waals surface area contributed by atoms with Crippen LogP contribution in [0, 0.1) is 0 Å². The Bertz CT molecular complexity index is 290. The summed E-state index contributed by atoms with van der Waals surface area (Å²) in [6.07, 6.45) is 2.47. The second-order valence-electron chi connectivity index (χ2n) is 3.07. The normalized spacial score (nSPS) is 12.4. The lowest BCUT2D eigenvalue weighted by Gasteiger charge is -2.08. The summed E-state index contributed by atoms with van der Waals surface area (Å²) in [4.78, 5) is 15.2. The number of hydrogen-bond donors (Lipinski definition) is 2. The lowest BCUT2D eigenvalue weighted by Crippen LogP contribution is -2.28. The molecule has 3 N–H and O–H groups in total. The highest BCUT2D eigenvalue weighted by atomic mass is 32.1.